The Morgan fingerprint density at radius 2 is 1.66 bits per heavy atom. The van der Waals surface area contributed by atoms with Gasteiger partial charge in [0, 0.05) is 12.0 Å². The maximum Gasteiger partial charge on any atom is 0.410 e. The van der Waals surface area contributed by atoms with Crippen molar-refractivity contribution in [3.8, 4) is 16.9 Å². The highest BCUT2D eigenvalue weighted by Crippen LogP contribution is 2.45. The lowest BCUT2D eigenvalue weighted by atomic mass is 9.82. The lowest BCUT2D eigenvalue weighted by Gasteiger charge is -2.44. The number of fused-ring (bicyclic) bond motifs is 5. The number of carbonyl (C=O) groups is 1. The van der Waals surface area contributed by atoms with Gasteiger partial charge in [0.15, 0.2) is 0 Å². The molecule has 0 N–H and O–H groups in total. The normalized spacial score (nSPS) is 20.6. The molecule has 1 saturated heterocycles. The van der Waals surface area contributed by atoms with Crippen molar-refractivity contribution >= 4 is 11.7 Å². The van der Waals surface area contributed by atoms with Crippen LogP contribution in [0.4, 0.5) is 4.79 Å². The van der Waals surface area contributed by atoms with Crippen LogP contribution in [-0.2, 0) is 4.74 Å². The molecule has 0 radical (unpaired) electrons. The van der Waals surface area contributed by atoms with E-state index < -0.39 is 0 Å². The molecule has 4 heteroatoms. The van der Waals surface area contributed by atoms with E-state index in [0.717, 1.165) is 31.4 Å². The number of piperidine rings is 1. The number of aryl methyl sites for hydroxylation is 1. The SMILES string of the molecule is COc1ccc(C2=CC3CCCC(C2)N3C(=O)OCC2c3ccccc3-c3ccccc32)c(C)c1. The van der Waals surface area contributed by atoms with E-state index in [9.17, 15) is 4.79 Å². The van der Waals surface area contributed by atoms with Crippen LogP contribution in [0.3, 0.4) is 0 Å². The van der Waals surface area contributed by atoms with Gasteiger partial charge in [-0.05, 0) is 83.7 Å². The maximum atomic E-state index is 13.4. The fourth-order valence-electron chi connectivity index (χ4n) is 6.31. The average molecular weight is 466 g/mol. The molecule has 4 nitrogen and oxygen atoms in total. The highest BCUT2D eigenvalue weighted by molar-refractivity contribution is 5.79. The third kappa shape index (κ3) is 3.81. The summed E-state index contributed by atoms with van der Waals surface area (Å²) in [5.41, 5.74) is 8.80. The number of rotatable bonds is 4. The second-order valence-corrected chi connectivity index (χ2v) is 9.94. The van der Waals surface area contributed by atoms with Crippen molar-refractivity contribution < 1.29 is 14.3 Å². The Labute approximate surface area is 207 Å². The summed E-state index contributed by atoms with van der Waals surface area (Å²) in [5, 5.41) is 0. The molecule has 3 aromatic carbocycles. The standard InChI is InChI=1S/C31H31NO3/c1-20-16-24(34-2)14-15-25(20)21-17-22-8-7-9-23(18-21)32(22)31(33)35-19-30-28-12-5-3-10-26(28)27-11-4-6-13-29(27)30/h3-6,10-17,22-23,30H,7-9,18-19H2,1-2H3. The minimum absolute atomic E-state index is 0.0871. The minimum Gasteiger partial charge on any atom is -0.497 e. The summed E-state index contributed by atoms with van der Waals surface area (Å²) in [5.74, 6) is 0.965. The first kappa shape index (κ1) is 22.0. The molecular weight excluding hydrogens is 434 g/mol. The predicted octanol–water partition coefficient (Wildman–Crippen LogP) is 6.96. The molecule has 0 saturated carbocycles. The summed E-state index contributed by atoms with van der Waals surface area (Å²) in [7, 11) is 1.70. The van der Waals surface area contributed by atoms with E-state index in [1.165, 1.54) is 39.0 Å². The van der Waals surface area contributed by atoms with Crippen LogP contribution in [0.5, 0.6) is 5.75 Å². The Morgan fingerprint density at radius 3 is 2.31 bits per heavy atom. The van der Waals surface area contributed by atoms with Crippen LogP contribution >= 0.6 is 0 Å². The van der Waals surface area contributed by atoms with Gasteiger partial charge in [-0.15, -0.1) is 0 Å². The summed E-state index contributed by atoms with van der Waals surface area (Å²) in [4.78, 5) is 15.5. The number of hydrogen-bond acceptors (Lipinski definition) is 3. The van der Waals surface area contributed by atoms with Crippen LogP contribution in [0.1, 0.15) is 53.9 Å². The van der Waals surface area contributed by atoms with Crippen molar-refractivity contribution in [3.63, 3.8) is 0 Å². The van der Waals surface area contributed by atoms with Crippen LogP contribution in [0, 0.1) is 6.92 Å². The van der Waals surface area contributed by atoms with Gasteiger partial charge in [0.2, 0.25) is 0 Å². The lowest BCUT2D eigenvalue weighted by Crippen LogP contribution is -2.51. The summed E-state index contributed by atoms with van der Waals surface area (Å²) in [6, 6.07) is 23.5. The molecule has 178 valence electrons. The van der Waals surface area contributed by atoms with Crippen molar-refractivity contribution in [2.45, 2.75) is 50.6 Å². The Hall–Kier alpha value is -3.53. The van der Waals surface area contributed by atoms with Crippen molar-refractivity contribution in [2.75, 3.05) is 13.7 Å². The zero-order valence-corrected chi connectivity index (χ0v) is 20.4. The number of hydrogen-bond donors (Lipinski definition) is 0. The molecular formula is C31H31NO3. The van der Waals surface area contributed by atoms with Gasteiger partial charge in [-0.25, -0.2) is 4.79 Å². The Kier molecular flexibility index (Phi) is 5.60. The summed E-state index contributed by atoms with van der Waals surface area (Å²) < 4.78 is 11.4. The fraction of sp³-hybridized carbons (Fsp3) is 0.323. The van der Waals surface area contributed by atoms with E-state index in [2.05, 4.69) is 73.7 Å². The van der Waals surface area contributed by atoms with E-state index in [4.69, 9.17) is 9.47 Å². The van der Waals surface area contributed by atoms with Crippen LogP contribution < -0.4 is 4.74 Å². The average Bonchev–Trinajstić information content (AvgIpc) is 3.20. The monoisotopic (exact) mass is 465 g/mol. The molecule has 2 heterocycles. The molecule has 2 aliphatic heterocycles. The zero-order chi connectivity index (χ0) is 23.9. The topological polar surface area (TPSA) is 38.8 Å². The molecule has 35 heavy (non-hydrogen) atoms. The fourth-order valence-corrected chi connectivity index (χ4v) is 6.31. The van der Waals surface area contributed by atoms with Crippen molar-refractivity contribution in [3.05, 3.63) is 95.1 Å². The van der Waals surface area contributed by atoms with Gasteiger partial charge in [0.05, 0.1) is 13.2 Å². The summed E-state index contributed by atoms with van der Waals surface area (Å²) >= 11 is 0. The van der Waals surface area contributed by atoms with E-state index in [-0.39, 0.29) is 24.1 Å². The molecule has 6 rings (SSSR count). The molecule has 3 aliphatic rings. The number of nitrogens with zero attached hydrogens (tertiary/aromatic N) is 1. The molecule has 2 atom stereocenters. The molecule has 2 bridgehead atoms. The van der Waals surface area contributed by atoms with Gasteiger partial charge < -0.3 is 9.47 Å². The minimum atomic E-state index is -0.177. The smallest absolute Gasteiger partial charge is 0.410 e. The first-order valence-corrected chi connectivity index (χ1v) is 12.6. The van der Waals surface area contributed by atoms with Gasteiger partial charge in [0.25, 0.3) is 0 Å². The van der Waals surface area contributed by atoms with Gasteiger partial charge >= 0.3 is 6.09 Å². The molecule has 0 spiro atoms. The zero-order valence-electron chi connectivity index (χ0n) is 20.4. The quantitative estimate of drug-likeness (QED) is 0.418. The number of methoxy groups -OCH3 is 1. The van der Waals surface area contributed by atoms with Gasteiger partial charge in [-0.3, -0.25) is 4.90 Å². The second-order valence-electron chi connectivity index (χ2n) is 9.94. The Morgan fingerprint density at radius 1 is 0.943 bits per heavy atom. The number of carbonyl (C=O) groups excluding carboxylic acids is 1. The van der Waals surface area contributed by atoms with E-state index in [0.29, 0.717) is 6.61 Å². The van der Waals surface area contributed by atoms with Gasteiger partial charge in [-0.1, -0.05) is 60.7 Å². The predicted molar refractivity (Wildman–Crippen MR) is 139 cm³/mol. The van der Waals surface area contributed by atoms with Gasteiger partial charge in [-0.2, -0.15) is 0 Å². The van der Waals surface area contributed by atoms with Crippen molar-refractivity contribution in [1.29, 1.82) is 0 Å². The van der Waals surface area contributed by atoms with Crippen molar-refractivity contribution in [1.82, 2.24) is 4.90 Å². The van der Waals surface area contributed by atoms with Crippen LogP contribution in [0.25, 0.3) is 16.7 Å². The second kappa shape index (κ2) is 8.92. The molecule has 0 aromatic heterocycles. The number of ether oxygens (including phenoxy) is 2. The largest absolute Gasteiger partial charge is 0.497 e. The van der Waals surface area contributed by atoms with Gasteiger partial charge in [0.1, 0.15) is 12.4 Å². The van der Waals surface area contributed by atoms with Crippen molar-refractivity contribution in [2.24, 2.45) is 0 Å². The maximum absolute atomic E-state index is 13.4. The number of benzene rings is 3. The highest BCUT2D eigenvalue weighted by atomic mass is 16.6. The Bertz CT molecular complexity index is 1260. The highest BCUT2D eigenvalue weighted by Gasteiger charge is 2.39. The van der Waals surface area contributed by atoms with E-state index >= 15 is 0 Å². The van der Waals surface area contributed by atoms with E-state index in [1.807, 2.05) is 11.0 Å². The number of amides is 1. The van der Waals surface area contributed by atoms with Crippen LogP contribution in [0.2, 0.25) is 0 Å². The Balaban J connectivity index is 1.22. The molecule has 1 aliphatic carbocycles. The first-order valence-electron chi connectivity index (χ1n) is 12.6. The lowest BCUT2D eigenvalue weighted by molar-refractivity contribution is 0.0539. The van der Waals surface area contributed by atoms with Crippen LogP contribution in [0.15, 0.2) is 72.8 Å². The molecule has 2 unspecified atom stereocenters. The summed E-state index contributed by atoms with van der Waals surface area (Å²) in [6.45, 7) is 2.50. The molecule has 1 amide bonds. The van der Waals surface area contributed by atoms with Crippen LogP contribution in [-0.4, -0.2) is 36.8 Å². The summed E-state index contributed by atoms with van der Waals surface area (Å²) in [6.07, 6.45) is 6.14. The first-order chi connectivity index (χ1) is 17.1. The van der Waals surface area contributed by atoms with E-state index in [1.54, 1.807) is 7.11 Å². The third-order valence-electron chi connectivity index (χ3n) is 7.96. The molecule has 3 aromatic rings. The molecule has 1 fully saturated rings. The third-order valence-corrected chi connectivity index (χ3v) is 7.96.